The van der Waals surface area contributed by atoms with Crippen LogP contribution >= 0.6 is 11.6 Å². The third-order valence-corrected chi connectivity index (χ3v) is 3.44. The first-order valence-electron chi connectivity index (χ1n) is 6.37. The van der Waals surface area contributed by atoms with E-state index in [2.05, 4.69) is 15.3 Å². The lowest BCUT2D eigenvalue weighted by molar-refractivity contribution is 0.0697. The molecule has 1 heterocycles. The van der Waals surface area contributed by atoms with Crippen LogP contribution in [0.1, 0.15) is 23.2 Å². The Morgan fingerprint density at radius 3 is 2.81 bits per heavy atom. The van der Waals surface area contributed by atoms with Crippen LogP contribution in [-0.2, 0) is 0 Å². The Labute approximate surface area is 124 Å². The molecule has 1 aliphatic rings. The van der Waals surface area contributed by atoms with Crippen molar-refractivity contribution < 1.29 is 14.3 Å². The van der Waals surface area contributed by atoms with E-state index >= 15 is 0 Å². The molecule has 5 nitrogen and oxygen atoms in total. The van der Waals surface area contributed by atoms with Gasteiger partial charge in [-0.2, -0.15) is 0 Å². The van der Waals surface area contributed by atoms with E-state index in [1.807, 2.05) is 0 Å². The molecule has 0 saturated heterocycles. The first kappa shape index (κ1) is 13.8. The van der Waals surface area contributed by atoms with Crippen LogP contribution in [0.2, 0.25) is 5.02 Å². The lowest BCUT2D eigenvalue weighted by Crippen LogP contribution is -2.11. The zero-order valence-electron chi connectivity index (χ0n) is 10.8. The number of nitrogens with zero attached hydrogens (tertiary/aromatic N) is 2. The van der Waals surface area contributed by atoms with Crippen molar-refractivity contribution in [2.24, 2.45) is 0 Å². The van der Waals surface area contributed by atoms with E-state index in [0.29, 0.717) is 0 Å². The Hall–Kier alpha value is -2.21. The molecular weight excluding hydrogens is 297 g/mol. The van der Waals surface area contributed by atoms with Crippen LogP contribution in [0.5, 0.6) is 0 Å². The Kier molecular flexibility index (Phi) is 3.47. The molecule has 3 rings (SSSR count). The van der Waals surface area contributed by atoms with Crippen molar-refractivity contribution >= 4 is 23.4 Å². The van der Waals surface area contributed by atoms with Crippen molar-refractivity contribution in [2.45, 2.75) is 18.9 Å². The summed E-state index contributed by atoms with van der Waals surface area (Å²) in [5.74, 6) is -1.44. The van der Waals surface area contributed by atoms with Gasteiger partial charge in [0.25, 0.3) is 0 Å². The summed E-state index contributed by atoms with van der Waals surface area (Å²) in [6.45, 7) is 0. The topological polar surface area (TPSA) is 75.1 Å². The fourth-order valence-electron chi connectivity index (χ4n) is 1.90. The summed E-state index contributed by atoms with van der Waals surface area (Å²) < 4.78 is 13.9. The number of anilines is 1. The Morgan fingerprint density at radius 1 is 1.43 bits per heavy atom. The van der Waals surface area contributed by atoms with Gasteiger partial charge in [-0.1, -0.05) is 17.7 Å². The number of halogens is 2. The number of aromatic carboxylic acids is 1. The van der Waals surface area contributed by atoms with Crippen LogP contribution in [0.4, 0.5) is 10.2 Å². The summed E-state index contributed by atoms with van der Waals surface area (Å²) in [6.07, 6.45) is 3.08. The number of benzene rings is 1. The van der Waals surface area contributed by atoms with Gasteiger partial charge in [-0.05, 0) is 25.0 Å². The van der Waals surface area contributed by atoms with E-state index < -0.39 is 11.8 Å². The van der Waals surface area contributed by atoms with E-state index in [-0.39, 0.29) is 33.8 Å². The zero-order valence-corrected chi connectivity index (χ0v) is 11.6. The number of hydrogen-bond acceptors (Lipinski definition) is 4. The number of nitrogens with one attached hydrogen (secondary N) is 1. The normalized spacial score (nSPS) is 14.0. The third-order valence-electron chi connectivity index (χ3n) is 3.12. The van der Waals surface area contributed by atoms with Crippen LogP contribution in [0.25, 0.3) is 11.4 Å². The summed E-state index contributed by atoms with van der Waals surface area (Å²) in [7, 11) is 0. The van der Waals surface area contributed by atoms with Crippen molar-refractivity contribution in [3.63, 3.8) is 0 Å². The smallest absolute Gasteiger partial charge is 0.341 e. The fourth-order valence-corrected chi connectivity index (χ4v) is 2.15. The molecule has 0 spiro atoms. The molecule has 1 aromatic heterocycles. The maximum absolute atomic E-state index is 13.9. The van der Waals surface area contributed by atoms with E-state index in [9.17, 15) is 9.18 Å². The van der Waals surface area contributed by atoms with Crippen molar-refractivity contribution in [1.29, 1.82) is 0 Å². The average molecular weight is 308 g/mol. The Bertz CT molecular complexity index is 699. The predicted octanol–water partition coefficient (Wildman–Crippen LogP) is 3.21. The first-order valence-corrected chi connectivity index (χ1v) is 6.75. The number of aromatic nitrogens is 2. The highest BCUT2D eigenvalue weighted by Gasteiger charge is 2.25. The fraction of sp³-hybridized carbons (Fsp3) is 0.214. The van der Waals surface area contributed by atoms with Gasteiger partial charge in [0, 0.05) is 12.2 Å². The molecule has 21 heavy (non-hydrogen) atoms. The lowest BCUT2D eigenvalue weighted by atomic mass is 10.2. The Balaban J connectivity index is 2.09. The van der Waals surface area contributed by atoms with Crippen LogP contribution < -0.4 is 5.32 Å². The average Bonchev–Trinajstić information content (AvgIpc) is 3.22. The minimum atomic E-state index is -1.13. The van der Waals surface area contributed by atoms with E-state index in [4.69, 9.17) is 16.7 Å². The minimum Gasteiger partial charge on any atom is -0.477 e. The van der Waals surface area contributed by atoms with Gasteiger partial charge in [-0.3, -0.25) is 0 Å². The molecule has 0 atom stereocenters. The largest absolute Gasteiger partial charge is 0.477 e. The first-order chi connectivity index (χ1) is 10.1. The minimum absolute atomic E-state index is 0.0434. The Morgan fingerprint density at radius 2 is 2.19 bits per heavy atom. The summed E-state index contributed by atoms with van der Waals surface area (Å²) in [5, 5.41) is 12.3. The predicted molar refractivity (Wildman–Crippen MR) is 76.0 cm³/mol. The number of rotatable bonds is 4. The molecule has 1 aromatic carbocycles. The molecule has 1 fully saturated rings. The molecule has 7 heteroatoms. The highest BCUT2D eigenvalue weighted by Crippen LogP contribution is 2.31. The molecule has 1 saturated carbocycles. The number of hydrogen-bond donors (Lipinski definition) is 2. The van der Waals surface area contributed by atoms with Crippen LogP contribution in [-0.4, -0.2) is 27.1 Å². The molecule has 0 unspecified atom stereocenters. The number of carboxylic acids is 1. The van der Waals surface area contributed by atoms with E-state index in [0.717, 1.165) is 19.0 Å². The van der Waals surface area contributed by atoms with Crippen LogP contribution in [0, 0.1) is 5.82 Å². The molecule has 2 aromatic rings. The monoisotopic (exact) mass is 307 g/mol. The van der Waals surface area contributed by atoms with Gasteiger partial charge in [0.15, 0.2) is 5.82 Å². The quantitative estimate of drug-likeness (QED) is 0.907. The van der Waals surface area contributed by atoms with Gasteiger partial charge in [-0.25, -0.2) is 19.2 Å². The summed E-state index contributed by atoms with van der Waals surface area (Å²) in [5.41, 5.74) is 0.0214. The molecule has 0 aliphatic heterocycles. The summed E-state index contributed by atoms with van der Waals surface area (Å²) >= 11 is 5.98. The standard InChI is InChI=1S/C14H11ClFN3O2/c15-9-2-1-3-10(16)11(9)13-17-6-8(14(20)21)12(19-13)18-7-4-5-7/h1-3,6-7H,4-5H2,(H,20,21)(H,17,18,19). The molecule has 0 bridgehead atoms. The van der Waals surface area contributed by atoms with Gasteiger partial charge < -0.3 is 10.4 Å². The molecule has 1 aliphatic carbocycles. The van der Waals surface area contributed by atoms with Crippen molar-refractivity contribution in [1.82, 2.24) is 9.97 Å². The van der Waals surface area contributed by atoms with E-state index in [1.165, 1.54) is 18.2 Å². The highest BCUT2D eigenvalue weighted by atomic mass is 35.5. The maximum Gasteiger partial charge on any atom is 0.341 e. The molecule has 2 N–H and O–H groups in total. The van der Waals surface area contributed by atoms with Gasteiger partial charge in [-0.15, -0.1) is 0 Å². The van der Waals surface area contributed by atoms with Crippen molar-refractivity contribution in [2.75, 3.05) is 5.32 Å². The summed E-state index contributed by atoms with van der Waals surface area (Å²) in [4.78, 5) is 19.2. The highest BCUT2D eigenvalue weighted by molar-refractivity contribution is 6.33. The second-order valence-electron chi connectivity index (χ2n) is 4.78. The van der Waals surface area contributed by atoms with Gasteiger partial charge in [0.05, 0.1) is 10.6 Å². The SMILES string of the molecule is O=C(O)c1cnc(-c2c(F)cccc2Cl)nc1NC1CC1. The third kappa shape index (κ3) is 2.80. The van der Waals surface area contributed by atoms with Gasteiger partial charge >= 0.3 is 5.97 Å². The van der Waals surface area contributed by atoms with E-state index in [1.54, 1.807) is 0 Å². The zero-order chi connectivity index (χ0) is 15.0. The second kappa shape index (κ2) is 5.29. The maximum atomic E-state index is 13.9. The lowest BCUT2D eigenvalue weighted by Gasteiger charge is -2.10. The molecule has 0 amide bonds. The second-order valence-corrected chi connectivity index (χ2v) is 5.18. The molecule has 0 radical (unpaired) electrons. The van der Waals surface area contributed by atoms with Crippen LogP contribution in [0.15, 0.2) is 24.4 Å². The van der Waals surface area contributed by atoms with Crippen LogP contribution in [0.3, 0.4) is 0 Å². The summed E-state index contributed by atoms with van der Waals surface area (Å²) in [6, 6.07) is 4.48. The van der Waals surface area contributed by atoms with Crippen molar-refractivity contribution in [3.8, 4) is 11.4 Å². The van der Waals surface area contributed by atoms with Gasteiger partial charge in [0.2, 0.25) is 0 Å². The molecular formula is C14H11ClFN3O2. The number of carboxylic acid groups (broad SMARTS) is 1. The van der Waals surface area contributed by atoms with Gasteiger partial charge in [0.1, 0.15) is 17.2 Å². The number of carbonyl (C=O) groups is 1. The van der Waals surface area contributed by atoms with Crippen molar-refractivity contribution in [3.05, 3.63) is 40.8 Å². The molecule has 108 valence electrons.